The highest BCUT2D eigenvalue weighted by Crippen LogP contribution is 2.19. The molecule has 2 saturated heterocycles. The first-order chi connectivity index (χ1) is 12.0. The summed E-state index contributed by atoms with van der Waals surface area (Å²) in [7, 11) is 1.28. The maximum absolute atomic E-state index is 12.0. The van der Waals surface area contributed by atoms with Crippen LogP contribution in [-0.4, -0.2) is 80.0 Å². The fraction of sp³-hybridized carbons (Fsp3) is 0.812. The maximum atomic E-state index is 12.0. The molecule has 3 N–H and O–H groups in total. The molecule has 1 unspecified atom stereocenters. The van der Waals surface area contributed by atoms with Crippen molar-refractivity contribution in [3.8, 4) is 0 Å². The van der Waals surface area contributed by atoms with Gasteiger partial charge in [-0.25, -0.2) is 4.79 Å². The van der Waals surface area contributed by atoms with Crippen LogP contribution in [0.2, 0.25) is 0 Å². The molecule has 9 heteroatoms. The van der Waals surface area contributed by atoms with Gasteiger partial charge in [0.2, 0.25) is 5.91 Å². The predicted octanol–water partition coefficient (Wildman–Crippen LogP) is 0.191. The normalized spacial score (nSPS) is 20.6. The summed E-state index contributed by atoms with van der Waals surface area (Å²) in [4.78, 5) is 34.0. The largest absolute Gasteiger partial charge is 0.483 e. The van der Waals surface area contributed by atoms with Crippen LogP contribution in [0.25, 0.3) is 0 Å². The maximum Gasteiger partial charge on any atom is 0.407 e. The quantitative estimate of drug-likeness (QED) is 0.613. The number of hydrogen-bond acceptors (Lipinski definition) is 6. The molecule has 0 aromatic heterocycles. The molecule has 0 bridgehead atoms. The minimum atomic E-state index is -0.586. The van der Waals surface area contributed by atoms with Crippen molar-refractivity contribution in [1.82, 2.24) is 15.5 Å². The second-order valence-electron chi connectivity index (χ2n) is 6.13. The van der Waals surface area contributed by atoms with E-state index in [9.17, 15) is 9.59 Å². The molecule has 0 aliphatic carbocycles. The van der Waals surface area contributed by atoms with Crippen LogP contribution in [0.3, 0.4) is 0 Å². The van der Waals surface area contributed by atoms with Crippen molar-refractivity contribution in [2.24, 2.45) is 0 Å². The van der Waals surface area contributed by atoms with Crippen LogP contribution in [-0.2, 0) is 19.1 Å². The molecule has 2 amide bonds. The van der Waals surface area contributed by atoms with Gasteiger partial charge in [-0.2, -0.15) is 0 Å². The van der Waals surface area contributed by atoms with Crippen LogP contribution >= 0.6 is 0 Å². The first-order valence-corrected chi connectivity index (χ1v) is 8.56. The molecule has 2 aliphatic heterocycles. The second-order valence-corrected chi connectivity index (χ2v) is 6.13. The van der Waals surface area contributed by atoms with Crippen molar-refractivity contribution < 1.29 is 29.0 Å². The fourth-order valence-electron chi connectivity index (χ4n) is 3.09. The summed E-state index contributed by atoms with van der Waals surface area (Å²) in [5, 5.41) is 12.4. The van der Waals surface area contributed by atoms with Gasteiger partial charge in [-0.3, -0.25) is 9.59 Å². The summed E-state index contributed by atoms with van der Waals surface area (Å²) < 4.78 is 9.90. The van der Waals surface area contributed by atoms with Crippen molar-refractivity contribution in [2.75, 3.05) is 33.4 Å². The number of carboxylic acid groups (broad SMARTS) is 1. The number of methoxy groups -OCH3 is 1. The summed E-state index contributed by atoms with van der Waals surface area (Å²) in [5.41, 5.74) is 0. The Morgan fingerprint density at radius 1 is 1.24 bits per heavy atom. The topological polar surface area (TPSA) is 117 Å². The summed E-state index contributed by atoms with van der Waals surface area (Å²) in [6.45, 7) is 5.14. The molecule has 0 aromatic carbocycles. The van der Waals surface area contributed by atoms with Crippen LogP contribution < -0.4 is 10.6 Å². The molecule has 144 valence electrons. The van der Waals surface area contributed by atoms with Crippen molar-refractivity contribution in [3.63, 3.8) is 0 Å². The number of nitrogens with zero attached hydrogens (tertiary/aromatic N) is 1. The zero-order valence-corrected chi connectivity index (χ0v) is 14.9. The lowest BCUT2D eigenvalue weighted by molar-refractivity contribution is -0.124. The van der Waals surface area contributed by atoms with Gasteiger partial charge in [-0.1, -0.05) is 0 Å². The van der Waals surface area contributed by atoms with Gasteiger partial charge < -0.3 is 30.1 Å². The lowest BCUT2D eigenvalue weighted by Gasteiger charge is -2.39. The Kier molecular flexibility index (Phi) is 9.86. The number of carbonyl (C=O) groups is 3. The average molecular weight is 359 g/mol. The van der Waals surface area contributed by atoms with Crippen molar-refractivity contribution in [2.45, 2.75) is 50.7 Å². The molecule has 2 aliphatic rings. The molecule has 2 fully saturated rings. The van der Waals surface area contributed by atoms with Gasteiger partial charge in [0.25, 0.3) is 6.47 Å². The average Bonchev–Trinajstić information content (AvgIpc) is 2.63. The number of rotatable bonds is 4. The van der Waals surface area contributed by atoms with Gasteiger partial charge >= 0.3 is 6.09 Å². The lowest BCUT2D eigenvalue weighted by Crippen LogP contribution is -2.52. The zero-order valence-electron chi connectivity index (χ0n) is 14.9. The highest BCUT2D eigenvalue weighted by Gasteiger charge is 2.28. The van der Waals surface area contributed by atoms with Gasteiger partial charge in [-0.05, 0) is 32.6 Å². The van der Waals surface area contributed by atoms with Crippen LogP contribution in [0.5, 0.6) is 0 Å². The van der Waals surface area contributed by atoms with E-state index in [1.807, 2.05) is 0 Å². The SMILES string of the molecule is COC(=O)NC(C)C(=O)NC1CCN(C2CCOCC2)CC1.O=CO. The monoisotopic (exact) mass is 359 g/mol. The van der Waals surface area contributed by atoms with E-state index < -0.39 is 12.1 Å². The van der Waals surface area contributed by atoms with Crippen LogP contribution in [0.15, 0.2) is 0 Å². The Labute approximate surface area is 148 Å². The Morgan fingerprint density at radius 2 is 1.80 bits per heavy atom. The predicted molar refractivity (Wildman–Crippen MR) is 90.3 cm³/mol. The van der Waals surface area contributed by atoms with Gasteiger partial charge in [0, 0.05) is 38.4 Å². The Bertz CT molecular complexity index is 420. The second kappa shape index (κ2) is 11.6. The van der Waals surface area contributed by atoms with Crippen LogP contribution in [0.1, 0.15) is 32.6 Å². The van der Waals surface area contributed by atoms with Gasteiger partial charge in [0.15, 0.2) is 0 Å². The van der Waals surface area contributed by atoms with E-state index in [0.717, 1.165) is 52.0 Å². The number of amides is 2. The number of alkyl carbamates (subject to hydrolysis) is 1. The molecule has 9 nitrogen and oxygen atoms in total. The summed E-state index contributed by atoms with van der Waals surface area (Å²) in [6, 6.07) is 0.233. The van der Waals surface area contributed by atoms with E-state index >= 15 is 0 Å². The van der Waals surface area contributed by atoms with Crippen LogP contribution in [0.4, 0.5) is 4.79 Å². The number of piperidine rings is 1. The number of likely N-dealkylation sites (tertiary alicyclic amines) is 1. The molecule has 0 spiro atoms. The molecule has 0 aromatic rings. The molecule has 0 saturated carbocycles. The van der Waals surface area contributed by atoms with E-state index in [1.165, 1.54) is 7.11 Å². The summed E-state index contributed by atoms with van der Waals surface area (Å²) >= 11 is 0. The van der Waals surface area contributed by atoms with Gasteiger partial charge in [0.1, 0.15) is 6.04 Å². The van der Waals surface area contributed by atoms with E-state index in [1.54, 1.807) is 6.92 Å². The highest BCUT2D eigenvalue weighted by atomic mass is 16.5. The molecule has 25 heavy (non-hydrogen) atoms. The Morgan fingerprint density at radius 3 is 2.32 bits per heavy atom. The Hall–Kier alpha value is -1.87. The number of nitrogens with one attached hydrogen (secondary N) is 2. The van der Waals surface area contributed by atoms with Crippen molar-refractivity contribution in [1.29, 1.82) is 0 Å². The van der Waals surface area contributed by atoms with Gasteiger partial charge in [0.05, 0.1) is 7.11 Å². The fourth-order valence-corrected chi connectivity index (χ4v) is 3.09. The minimum absolute atomic E-state index is 0.157. The molecule has 2 rings (SSSR count). The van der Waals surface area contributed by atoms with E-state index in [0.29, 0.717) is 6.04 Å². The van der Waals surface area contributed by atoms with E-state index in [4.69, 9.17) is 14.6 Å². The third-order valence-electron chi connectivity index (χ3n) is 4.50. The number of ether oxygens (including phenoxy) is 2. The molecule has 0 radical (unpaired) electrons. The number of hydrogen-bond donors (Lipinski definition) is 3. The van der Waals surface area contributed by atoms with Crippen molar-refractivity contribution in [3.05, 3.63) is 0 Å². The third-order valence-corrected chi connectivity index (χ3v) is 4.50. The highest BCUT2D eigenvalue weighted by molar-refractivity contribution is 5.85. The lowest BCUT2D eigenvalue weighted by atomic mass is 9.99. The molecular formula is C16H29N3O6. The molecule has 2 heterocycles. The third kappa shape index (κ3) is 7.70. The van der Waals surface area contributed by atoms with Gasteiger partial charge in [-0.15, -0.1) is 0 Å². The Balaban J connectivity index is 0.000000970. The standard InChI is InChI=1S/C15H27N3O4.CH2O2/c1-11(16-15(20)21-2)14(19)17-12-3-7-18(8-4-12)13-5-9-22-10-6-13;2-1-3/h11-13H,3-10H2,1-2H3,(H,16,20)(H,17,19);1H,(H,2,3). The van der Waals surface area contributed by atoms with E-state index in [-0.39, 0.29) is 18.4 Å². The van der Waals surface area contributed by atoms with Crippen molar-refractivity contribution >= 4 is 18.5 Å². The minimum Gasteiger partial charge on any atom is -0.483 e. The smallest absolute Gasteiger partial charge is 0.407 e. The first-order valence-electron chi connectivity index (χ1n) is 8.56. The zero-order chi connectivity index (χ0) is 18.7. The summed E-state index contributed by atoms with van der Waals surface area (Å²) in [5.74, 6) is -0.157. The van der Waals surface area contributed by atoms with E-state index in [2.05, 4.69) is 20.3 Å². The summed E-state index contributed by atoms with van der Waals surface area (Å²) in [6.07, 6.45) is 3.54. The number of carbonyl (C=O) groups excluding carboxylic acids is 2. The first kappa shape index (κ1) is 21.2. The molecular weight excluding hydrogens is 330 g/mol. The van der Waals surface area contributed by atoms with Crippen LogP contribution in [0, 0.1) is 0 Å². The molecule has 1 atom stereocenters.